The van der Waals surface area contributed by atoms with E-state index in [0.717, 1.165) is 11.1 Å². The van der Waals surface area contributed by atoms with Crippen molar-refractivity contribution in [3.63, 3.8) is 0 Å². The summed E-state index contributed by atoms with van der Waals surface area (Å²) in [5.74, 6) is -0.166. The van der Waals surface area contributed by atoms with Crippen molar-refractivity contribution in [3.05, 3.63) is 71.8 Å². The molecule has 2 nitrogen and oxygen atoms in total. The van der Waals surface area contributed by atoms with Crippen LogP contribution in [0.25, 0.3) is 0 Å². The zero-order valence-electron chi connectivity index (χ0n) is 13.7. The zero-order valence-corrected chi connectivity index (χ0v) is 13.7. The lowest BCUT2D eigenvalue weighted by molar-refractivity contribution is -0.0324. The van der Waals surface area contributed by atoms with Gasteiger partial charge in [0.15, 0.2) is 0 Å². The Balaban J connectivity index is 2.51. The van der Waals surface area contributed by atoms with Crippen LogP contribution in [0.15, 0.2) is 60.7 Å². The van der Waals surface area contributed by atoms with Gasteiger partial charge in [-0.05, 0) is 37.8 Å². The fourth-order valence-electron chi connectivity index (χ4n) is 3.13. The first-order valence-corrected chi connectivity index (χ1v) is 7.92. The average molecular weight is 298 g/mol. The molecule has 2 N–H and O–H groups in total. The second-order valence-electron chi connectivity index (χ2n) is 6.62. The predicted octanol–water partition coefficient (Wildman–Crippen LogP) is 4.23. The Morgan fingerprint density at radius 2 is 1.36 bits per heavy atom. The van der Waals surface area contributed by atoms with Crippen LogP contribution in [0.2, 0.25) is 0 Å². The molecular formula is C20H26O2. The summed E-state index contributed by atoms with van der Waals surface area (Å²) in [5, 5.41) is 21.8. The lowest BCUT2D eigenvalue weighted by Gasteiger charge is -2.39. The third kappa shape index (κ3) is 3.76. The van der Waals surface area contributed by atoms with E-state index in [1.165, 1.54) is 0 Å². The Bertz CT molecular complexity index is 572. The van der Waals surface area contributed by atoms with E-state index in [9.17, 15) is 10.2 Å². The normalized spacial score (nSPS) is 16.0. The minimum Gasteiger partial charge on any atom is -0.390 e. The molecule has 0 aliphatic carbocycles. The molecule has 2 aromatic carbocycles. The van der Waals surface area contributed by atoms with Gasteiger partial charge in [0.05, 0.1) is 11.2 Å². The van der Waals surface area contributed by atoms with Crippen molar-refractivity contribution < 1.29 is 10.2 Å². The standard InChI is InChI=1S/C20H26O2/c1-4-20(22,17-13-9-6-10-14-17)18(15-19(2,3)21)16-11-7-5-8-12-16/h5-14,18,21-22H,4,15H2,1-3H3. The van der Waals surface area contributed by atoms with Gasteiger partial charge in [-0.25, -0.2) is 0 Å². The van der Waals surface area contributed by atoms with Gasteiger partial charge in [-0.15, -0.1) is 0 Å². The van der Waals surface area contributed by atoms with E-state index in [0.29, 0.717) is 12.8 Å². The Morgan fingerprint density at radius 1 is 0.864 bits per heavy atom. The number of benzene rings is 2. The van der Waals surface area contributed by atoms with Gasteiger partial charge in [0.1, 0.15) is 0 Å². The Kier molecular flexibility index (Phi) is 5.05. The summed E-state index contributed by atoms with van der Waals surface area (Å²) in [5.41, 5.74) is 0.106. The minimum atomic E-state index is -0.997. The summed E-state index contributed by atoms with van der Waals surface area (Å²) in [4.78, 5) is 0. The van der Waals surface area contributed by atoms with Crippen LogP contribution in [0.3, 0.4) is 0 Å². The second-order valence-corrected chi connectivity index (χ2v) is 6.62. The van der Waals surface area contributed by atoms with Crippen molar-refractivity contribution in [3.8, 4) is 0 Å². The molecule has 0 amide bonds. The maximum Gasteiger partial charge on any atom is 0.0963 e. The molecule has 0 radical (unpaired) electrons. The van der Waals surface area contributed by atoms with Crippen LogP contribution in [0, 0.1) is 0 Å². The first-order chi connectivity index (χ1) is 10.4. The number of hydrogen-bond donors (Lipinski definition) is 2. The van der Waals surface area contributed by atoms with Crippen molar-refractivity contribution in [2.45, 2.75) is 50.7 Å². The summed E-state index contributed by atoms with van der Waals surface area (Å²) < 4.78 is 0. The smallest absolute Gasteiger partial charge is 0.0963 e. The summed E-state index contributed by atoms with van der Waals surface area (Å²) in [7, 11) is 0. The van der Waals surface area contributed by atoms with E-state index in [1.807, 2.05) is 67.6 Å². The van der Waals surface area contributed by atoms with Gasteiger partial charge in [-0.2, -0.15) is 0 Å². The highest BCUT2D eigenvalue weighted by Crippen LogP contribution is 2.43. The van der Waals surface area contributed by atoms with Gasteiger partial charge >= 0.3 is 0 Å². The molecule has 2 aromatic rings. The van der Waals surface area contributed by atoms with E-state index in [1.54, 1.807) is 13.8 Å². The highest BCUT2D eigenvalue weighted by atomic mass is 16.3. The van der Waals surface area contributed by atoms with Gasteiger partial charge in [0.25, 0.3) is 0 Å². The van der Waals surface area contributed by atoms with Gasteiger partial charge in [-0.3, -0.25) is 0 Å². The minimum absolute atomic E-state index is 0.166. The fraction of sp³-hybridized carbons (Fsp3) is 0.400. The van der Waals surface area contributed by atoms with Crippen LogP contribution >= 0.6 is 0 Å². The van der Waals surface area contributed by atoms with Crippen molar-refractivity contribution in [2.24, 2.45) is 0 Å². The number of rotatable bonds is 6. The monoisotopic (exact) mass is 298 g/mol. The molecule has 0 saturated carbocycles. The Morgan fingerprint density at radius 3 is 1.82 bits per heavy atom. The van der Waals surface area contributed by atoms with E-state index >= 15 is 0 Å². The Hall–Kier alpha value is -1.64. The molecule has 0 fully saturated rings. The lowest BCUT2D eigenvalue weighted by Crippen LogP contribution is -2.37. The highest BCUT2D eigenvalue weighted by Gasteiger charge is 2.40. The van der Waals surface area contributed by atoms with Crippen LogP contribution in [0.5, 0.6) is 0 Å². The molecule has 2 unspecified atom stereocenters. The molecule has 0 aliphatic heterocycles. The van der Waals surface area contributed by atoms with Crippen LogP contribution < -0.4 is 0 Å². The fourth-order valence-corrected chi connectivity index (χ4v) is 3.13. The number of aliphatic hydroxyl groups is 2. The molecule has 2 atom stereocenters. The van der Waals surface area contributed by atoms with Crippen molar-refractivity contribution in [1.82, 2.24) is 0 Å². The van der Waals surface area contributed by atoms with Crippen molar-refractivity contribution in [2.75, 3.05) is 0 Å². The summed E-state index contributed by atoms with van der Waals surface area (Å²) in [6.07, 6.45) is 1.09. The summed E-state index contributed by atoms with van der Waals surface area (Å²) >= 11 is 0. The molecule has 22 heavy (non-hydrogen) atoms. The molecule has 0 heterocycles. The van der Waals surface area contributed by atoms with Gasteiger partial charge in [-0.1, -0.05) is 67.6 Å². The average Bonchev–Trinajstić information content (AvgIpc) is 2.53. The Labute approximate surface area is 133 Å². The second kappa shape index (κ2) is 6.64. The first kappa shape index (κ1) is 16.7. The van der Waals surface area contributed by atoms with Gasteiger partial charge in [0, 0.05) is 5.92 Å². The molecule has 2 heteroatoms. The van der Waals surface area contributed by atoms with E-state index in [-0.39, 0.29) is 5.92 Å². The van der Waals surface area contributed by atoms with Crippen molar-refractivity contribution in [1.29, 1.82) is 0 Å². The van der Waals surface area contributed by atoms with Crippen LogP contribution in [0.1, 0.15) is 50.7 Å². The molecular weight excluding hydrogens is 272 g/mol. The predicted molar refractivity (Wildman–Crippen MR) is 90.7 cm³/mol. The third-order valence-electron chi connectivity index (χ3n) is 4.29. The van der Waals surface area contributed by atoms with Gasteiger partial charge < -0.3 is 10.2 Å². The highest BCUT2D eigenvalue weighted by molar-refractivity contribution is 5.31. The summed E-state index contributed by atoms with van der Waals surface area (Å²) in [6, 6.07) is 19.8. The van der Waals surface area contributed by atoms with Crippen LogP contribution in [-0.4, -0.2) is 15.8 Å². The SMILES string of the molecule is CCC(O)(c1ccccc1)C(CC(C)(C)O)c1ccccc1. The summed E-state index contributed by atoms with van der Waals surface area (Å²) in [6.45, 7) is 5.58. The molecule has 0 saturated heterocycles. The molecule has 0 aromatic heterocycles. The molecule has 118 valence electrons. The van der Waals surface area contributed by atoms with Gasteiger partial charge in [0.2, 0.25) is 0 Å². The topological polar surface area (TPSA) is 40.5 Å². The molecule has 0 spiro atoms. The first-order valence-electron chi connectivity index (χ1n) is 7.92. The quantitative estimate of drug-likeness (QED) is 0.838. The number of hydrogen-bond acceptors (Lipinski definition) is 2. The van der Waals surface area contributed by atoms with Crippen LogP contribution in [0.4, 0.5) is 0 Å². The molecule has 0 aliphatic rings. The van der Waals surface area contributed by atoms with Crippen LogP contribution in [-0.2, 0) is 5.60 Å². The maximum absolute atomic E-state index is 11.5. The third-order valence-corrected chi connectivity index (χ3v) is 4.29. The zero-order chi connectivity index (χ0) is 16.2. The molecule has 0 bridgehead atoms. The largest absolute Gasteiger partial charge is 0.390 e. The van der Waals surface area contributed by atoms with E-state index in [4.69, 9.17) is 0 Å². The van der Waals surface area contributed by atoms with E-state index < -0.39 is 11.2 Å². The van der Waals surface area contributed by atoms with E-state index in [2.05, 4.69) is 0 Å². The maximum atomic E-state index is 11.5. The lowest BCUT2D eigenvalue weighted by atomic mass is 9.71. The molecule has 2 rings (SSSR count). The van der Waals surface area contributed by atoms with Crippen molar-refractivity contribution >= 4 is 0 Å².